The Morgan fingerprint density at radius 3 is 2.13 bits per heavy atom. The lowest BCUT2D eigenvalue weighted by atomic mass is 10.1. The Morgan fingerprint density at radius 2 is 1.61 bits per heavy atom. The summed E-state index contributed by atoms with van der Waals surface area (Å²) in [5.41, 5.74) is -0.342. The summed E-state index contributed by atoms with van der Waals surface area (Å²) in [5.74, 6) is 0.454. The molecular weight excluding hydrogens is 546 g/mol. The van der Waals surface area contributed by atoms with Crippen LogP contribution < -0.4 is 9.88 Å². The fourth-order valence-corrected chi connectivity index (χ4v) is 5.37. The second-order valence-corrected chi connectivity index (χ2v) is 11.5. The Morgan fingerprint density at radius 1 is 1.00 bits per heavy atom. The summed E-state index contributed by atoms with van der Waals surface area (Å²) in [6, 6.07) is 12.2. The van der Waals surface area contributed by atoms with Gasteiger partial charge in [0.25, 0.3) is 0 Å². The lowest BCUT2D eigenvalue weighted by molar-refractivity contribution is -0.141. The number of hydrogen-bond donors (Lipinski definition) is 1. The van der Waals surface area contributed by atoms with Crippen LogP contribution in [0.15, 0.2) is 71.6 Å². The fraction of sp³-hybridized carbons (Fsp3) is 0.292. The van der Waals surface area contributed by atoms with Crippen LogP contribution in [0.1, 0.15) is 19.5 Å². The fourth-order valence-electron chi connectivity index (χ4n) is 3.37. The highest BCUT2D eigenvalue weighted by atomic mass is 32.2. The van der Waals surface area contributed by atoms with E-state index in [0.717, 1.165) is 10.7 Å². The first-order valence-electron chi connectivity index (χ1n) is 11.4. The molecule has 0 aliphatic carbocycles. The molecule has 9 nitrogen and oxygen atoms in total. The van der Waals surface area contributed by atoms with Crippen LogP contribution in [0.5, 0.6) is 5.75 Å². The molecule has 3 aromatic rings. The lowest BCUT2D eigenvalue weighted by Gasteiger charge is -2.14. The van der Waals surface area contributed by atoms with E-state index in [2.05, 4.69) is 5.10 Å². The van der Waals surface area contributed by atoms with E-state index in [1.54, 1.807) is 50.3 Å². The maximum atomic E-state index is 13.4. The van der Waals surface area contributed by atoms with Gasteiger partial charge in [-0.05, 0) is 68.4 Å². The molecule has 0 saturated heterocycles. The first-order valence-corrected chi connectivity index (χ1v) is 14.7. The second-order valence-electron chi connectivity index (χ2n) is 7.80. The number of primary sulfonamides is 1. The van der Waals surface area contributed by atoms with Gasteiger partial charge < -0.3 is 13.8 Å². The average molecular weight is 574 g/mol. The standard InChI is InChI=1S/C24H27F3N3O6PS/c1-3-35-37(31,36-4-2)16-6-5-15-34-20-11-7-18(8-12-20)22-17-23(24(25,26)27)29-30(22)19-9-13-21(14-10-19)38(28,32)33/h5-14,17H,3-4,15-16H2,1-2H3,(H2,28,32,33). The van der Waals surface area contributed by atoms with Crippen LogP contribution in [0.3, 0.4) is 0 Å². The Labute approximate surface area is 218 Å². The minimum absolute atomic E-state index is 0.0979. The number of aromatic nitrogens is 2. The van der Waals surface area contributed by atoms with Gasteiger partial charge in [-0.3, -0.25) is 4.57 Å². The molecule has 0 fully saturated rings. The third-order valence-corrected chi connectivity index (χ3v) is 7.94. The number of ether oxygens (including phenoxy) is 1. The van der Waals surface area contributed by atoms with Crippen LogP contribution in [-0.2, 0) is 29.8 Å². The van der Waals surface area contributed by atoms with Crippen LogP contribution in [0.2, 0.25) is 0 Å². The van der Waals surface area contributed by atoms with E-state index in [-0.39, 0.29) is 42.3 Å². The highest BCUT2D eigenvalue weighted by Crippen LogP contribution is 2.47. The molecule has 0 spiro atoms. The van der Waals surface area contributed by atoms with Gasteiger partial charge in [-0.15, -0.1) is 0 Å². The minimum atomic E-state index is -4.69. The van der Waals surface area contributed by atoms with E-state index in [9.17, 15) is 26.2 Å². The molecule has 0 aliphatic rings. The van der Waals surface area contributed by atoms with Gasteiger partial charge in [0.05, 0.1) is 35.7 Å². The lowest BCUT2D eigenvalue weighted by Crippen LogP contribution is -2.12. The maximum Gasteiger partial charge on any atom is 0.435 e. The zero-order valence-corrected chi connectivity index (χ0v) is 22.3. The van der Waals surface area contributed by atoms with E-state index in [1.165, 1.54) is 24.3 Å². The van der Waals surface area contributed by atoms with E-state index < -0.39 is 29.5 Å². The van der Waals surface area contributed by atoms with Gasteiger partial charge in [-0.2, -0.15) is 18.3 Å². The quantitative estimate of drug-likeness (QED) is 0.227. The molecule has 0 unspecified atom stereocenters. The van der Waals surface area contributed by atoms with E-state index in [1.807, 2.05) is 0 Å². The molecule has 0 radical (unpaired) electrons. The van der Waals surface area contributed by atoms with Crippen LogP contribution >= 0.6 is 7.60 Å². The monoisotopic (exact) mass is 573 g/mol. The predicted molar refractivity (Wildman–Crippen MR) is 136 cm³/mol. The van der Waals surface area contributed by atoms with Crippen molar-refractivity contribution in [3.8, 4) is 22.7 Å². The van der Waals surface area contributed by atoms with Crippen LogP contribution in [0, 0.1) is 0 Å². The summed E-state index contributed by atoms with van der Waals surface area (Å²) in [7, 11) is -7.16. The van der Waals surface area contributed by atoms with Crippen LogP contribution in [-0.4, -0.2) is 44.2 Å². The summed E-state index contributed by atoms with van der Waals surface area (Å²) in [5, 5.41) is 8.78. The van der Waals surface area contributed by atoms with Crippen molar-refractivity contribution in [1.82, 2.24) is 9.78 Å². The summed E-state index contributed by atoms with van der Waals surface area (Å²) < 4.78 is 92.8. The van der Waals surface area contributed by atoms with Crippen molar-refractivity contribution in [2.75, 3.05) is 26.0 Å². The van der Waals surface area contributed by atoms with E-state index in [4.69, 9.17) is 18.9 Å². The van der Waals surface area contributed by atoms with Gasteiger partial charge in [-0.1, -0.05) is 12.2 Å². The van der Waals surface area contributed by atoms with E-state index >= 15 is 0 Å². The minimum Gasteiger partial charge on any atom is -0.490 e. The SMILES string of the molecule is CCOP(=O)(CC=CCOc1ccc(-c2cc(C(F)(F)F)nn2-c2ccc(S(N)(=O)=O)cc2)cc1)OCC. The third kappa shape index (κ3) is 7.78. The van der Waals surface area contributed by atoms with E-state index in [0.29, 0.717) is 11.3 Å². The van der Waals surface area contributed by atoms with Crippen molar-refractivity contribution in [3.05, 3.63) is 72.4 Å². The topological polar surface area (TPSA) is 123 Å². The molecule has 0 bridgehead atoms. The number of alkyl halides is 3. The number of nitrogens with zero attached hydrogens (tertiary/aromatic N) is 2. The Hall–Kier alpha value is -2.96. The summed E-state index contributed by atoms with van der Waals surface area (Å²) in [6.07, 6.45) is -1.29. The van der Waals surface area contributed by atoms with Crippen LogP contribution in [0.25, 0.3) is 16.9 Å². The number of hydrogen-bond acceptors (Lipinski definition) is 7. The molecule has 206 valence electrons. The van der Waals surface area contributed by atoms with Crippen molar-refractivity contribution in [2.45, 2.75) is 24.9 Å². The first kappa shape index (κ1) is 29.6. The smallest absolute Gasteiger partial charge is 0.435 e. The number of rotatable bonds is 12. The third-order valence-electron chi connectivity index (χ3n) is 5.05. The normalized spacial score (nSPS) is 12.8. The molecule has 2 aromatic carbocycles. The van der Waals surface area contributed by atoms with Gasteiger partial charge in [-0.25, -0.2) is 18.2 Å². The zero-order valence-electron chi connectivity index (χ0n) is 20.6. The summed E-state index contributed by atoms with van der Waals surface area (Å²) >= 11 is 0. The largest absolute Gasteiger partial charge is 0.490 e. The summed E-state index contributed by atoms with van der Waals surface area (Å²) in [6.45, 7) is 4.13. The van der Waals surface area contributed by atoms with Crippen molar-refractivity contribution in [1.29, 1.82) is 0 Å². The highest BCUT2D eigenvalue weighted by Gasteiger charge is 2.35. The Balaban J connectivity index is 1.77. The number of halogens is 3. The molecule has 0 atom stereocenters. The van der Waals surface area contributed by atoms with Crippen molar-refractivity contribution in [3.63, 3.8) is 0 Å². The molecule has 38 heavy (non-hydrogen) atoms. The second kappa shape index (κ2) is 12.3. The van der Waals surface area contributed by atoms with Gasteiger partial charge in [0, 0.05) is 5.56 Å². The Bertz CT molecular complexity index is 1400. The van der Waals surface area contributed by atoms with Gasteiger partial charge >= 0.3 is 13.8 Å². The summed E-state index contributed by atoms with van der Waals surface area (Å²) in [4.78, 5) is -0.180. The highest BCUT2D eigenvalue weighted by molar-refractivity contribution is 7.89. The molecule has 0 saturated carbocycles. The number of sulfonamides is 1. The van der Waals surface area contributed by atoms with Gasteiger partial charge in [0.15, 0.2) is 5.69 Å². The molecule has 14 heteroatoms. The van der Waals surface area contributed by atoms with Gasteiger partial charge in [0.1, 0.15) is 12.4 Å². The molecule has 1 aromatic heterocycles. The van der Waals surface area contributed by atoms with Crippen LogP contribution in [0.4, 0.5) is 13.2 Å². The first-order chi connectivity index (χ1) is 17.9. The number of nitrogens with two attached hydrogens (primary N) is 1. The predicted octanol–water partition coefficient (Wildman–Crippen LogP) is 5.41. The molecule has 0 amide bonds. The molecule has 0 aliphatic heterocycles. The molecule has 1 heterocycles. The molecule has 3 rings (SSSR count). The average Bonchev–Trinajstić information content (AvgIpc) is 3.30. The Kier molecular flexibility index (Phi) is 9.55. The van der Waals surface area contributed by atoms with Gasteiger partial charge in [0.2, 0.25) is 10.0 Å². The molecular formula is C24H27F3N3O6PS. The van der Waals surface area contributed by atoms with Crippen molar-refractivity contribution in [2.24, 2.45) is 5.14 Å². The zero-order chi connectivity index (χ0) is 28.0. The number of benzene rings is 2. The van der Waals surface area contributed by atoms with Crippen molar-refractivity contribution >= 4 is 17.6 Å². The van der Waals surface area contributed by atoms with Crippen molar-refractivity contribution < 1.29 is 39.9 Å². The number of allylic oxidation sites excluding steroid dienone is 1. The maximum absolute atomic E-state index is 13.4. The molecule has 2 N–H and O–H groups in total.